The van der Waals surface area contributed by atoms with Crippen molar-refractivity contribution >= 4 is 17.9 Å². The van der Waals surface area contributed by atoms with Crippen molar-refractivity contribution in [2.24, 2.45) is 0 Å². The molecular weight excluding hydrogens is 961 g/mol. The van der Waals surface area contributed by atoms with Crippen LogP contribution in [0.4, 0.5) is 0 Å². The number of esters is 3. The molecule has 6 nitrogen and oxygen atoms in total. The molecule has 1 unspecified atom stereocenters. The van der Waals surface area contributed by atoms with Gasteiger partial charge in [0.25, 0.3) is 0 Å². The van der Waals surface area contributed by atoms with Crippen molar-refractivity contribution in [1.82, 2.24) is 0 Å². The van der Waals surface area contributed by atoms with E-state index < -0.39 is 6.10 Å². The third kappa shape index (κ3) is 62.9. The molecule has 0 bridgehead atoms. The van der Waals surface area contributed by atoms with E-state index in [9.17, 15) is 14.4 Å². The van der Waals surface area contributed by atoms with E-state index in [-0.39, 0.29) is 31.1 Å². The Labute approximate surface area is 482 Å². The van der Waals surface area contributed by atoms with Crippen LogP contribution in [-0.2, 0) is 28.6 Å². The van der Waals surface area contributed by atoms with Crippen molar-refractivity contribution in [2.45, 2.75) is 316 Å². The highest BCUT2D eigenvalue weighted by Crippen LogP contribution is 2.17. The van der Waals surface area contributed by atoms with E-state index in [4.69, 9.17) is 14.2 Å². The van der Waals surface area contributed by atoms with Gasteiger partial charge in [0.2, 0.25) is 0 Å². The van der Waals surface area contributed by atoms with Gasteiger partial charge < -0.3 is 14.2 Å². The Morgan fingerprint density at radius 3 is 0.782 bits per heavy atom. The first-order valence-corrected chi connectivity index (χ1v) is 32.9. The summed E-state index contributed by atoms with van der Waals surface area (Å²) in [6.45, 7) is 6.45. The molecule has 0 heterocycles. The molecule has 0 aliphatic rings. The summed E-state index contributed by atoms with van der Waals surface area (Å²) in [4.78, 5) is 37.9. The fourth-order valence-electron chi connectivity index (χ4n) is 9.14. The molecule has 1 atom stereocenters. The normalized spacial score (nSPS) is 12.8. The van der Waals surface area contributed by atoms with Crippen LogP contribution in [0.5, 0.6) is 0 Å². The Kier molecular flexibility index (Phi) is 62.3. The summed E-state index contributed by atoms with van der Waals surface area (Å²) in [5.74, 6) is -0.907. The molecule has 0 rings (SSSR count). The second-order valence-corrected chi connectivity index (χ2v) is 21.7. The van der Waals surface area contributed by atoms with Crippen LogP contribution in [0.1, 0.15) is 310 Å². The highest BCUT2D eigenvalue weighted by atomic mass is 16.6. The molecule has 0 saturated carbocycles. The topological polar surface area (TPSA) is 78.9 Å². The van der Waals surface area contributed by atoms with Crippen molar-refractivity contribution in [2.75, 3.05) is 13.2 Å². The number of allylic oxidation sites excluding steroid dienone is 18. The largest absolute Gasteiger partial charge is 0.462 e. The summed E-state index contributed by atoms with van der Waals surface area (Å²) < 4.78 is 16.8. The Balaban J connectivity index is 4.09. The minimum atomic E-state index is -0.782. The molecule has 0 saturated heterocycles. The van der Waals surface area contributed by atoms with Crippen LogP contribution in [0.15, 0.2) is 109 Å². The van der Waals surface area contributed by atoms with Gasteiger partial charge in [-0.15, -0.1) is 0 Å². The predicted octanol–water partition coefficient (Wildman–Crippen LogP) is 22.6. The molecule has 446 valence electrons. The number of ether oxygens (including phenoxy) is 3. The summed E-state index contributed by atoms with van der Waals surface area (Å²) in [6.07, 6.45) is 90.1. The number of hydrogen-bond acceptors (Lipinski definition) is 6. The van der Waals surface area contributed by atoms with Gasteiger partial charge in [0, 0.05) is 19.3 Å². The van der Waals surface area contributed by atoms with Gasteiger partial charge in [0.05, 0.1) is 0 Å². The third-order valence-electron chi connectivity index (χ3n) is 14.0. The Morgan fingerprint density at radius 2 is 0.500 bits per heavy atom. The average Bonchev–Trinajstić information content (AvgIpc) is 3.44. The van der Waals surface area contributed by atoms with Crippen molar-refractivity contribution in [3.8, 4) is 0 Å². The fraction of sp³-hybridized carbons (Fsp3) is 0.708. The molecular formula is C72H122O6. The average molecular weight is 1080 g/mol. The lowest BCUT2D eigenvalue weighted by Gasteiger charge is -2.18. The van der Waals surface area contributed by atoms with Gasteiger partial charge in [-0.25, -0.2) is 0 Å². The molecule has 0 N–H and O–H groups in total. The number of carbonyl (C=O) groups excluding carboxylic acids is 3. The van der Waals surface area contributed by atoms with Crippen LogP contribution < -0.4 is 0 Å². The summed E-state index contributed by atoms with van der Waals surface area (Å²) in [7, 11) is 0. The maximum absolute atomic E-state index is 12.8. The molecule has 0 aromatic heterocycles. The summed E-state index contributed by atoms with van der Waals surface area (Å²) in [5.41, 5.74) is 0. The molecule has 0 aromatic carbocycles. The monoisotopic (exact) mass is 1080 g/mol. The first-order valence-electron chi connectivity index (χ1n) is 32.9. The summed E-state index contributed by atoms with van der Waals surface area (Å²) in [6, 6.07) is 0. The quantitative estimate of drug-likeness (QED) is 0.0261. The maximum Gasteiger partial charge on any atom is 0.306 e. The van der Waals surface area contributed by atoms with E-state index in [0.29, 0.717) is 19.3 Å². The van der Waals surface area contributed by atoms with E-state index in [1.165, 1.54) is 128 Å². The van der Waals surface area contributed by atoms with E-state index in [2.05, 4.69) is 130 Å². The standard InChI is InChI=1S/C72H122O6/c1-4-7-10-13-15-17-19-21-23-25-27-29-31-32-33-34-35-36-37-38-39-40-41-43-44-46-48-50-52-54-56-59-62-65-71(74)77-68-69(67-76-70(73)64-61-58-12-9-6-3)78-72(75)66-63-60-57-55-53-51-49-47-45-42-30-28-26-24-22-20-18-16-14-11-8-5-2/h7,10,15,17,21,23,27,29,32-33,35-36,38-39,41,43,46,48,69H,4-6,8-9,11-14,16,18-20,22,24-26,28,30-31,34,37,40,42,44-45,47,49-68H2,1-3H3/b10-7-,17-15-,23-21-,29-27-,33-32-,36-35-,39-38-,43-41-,48-46-. The van der Waals surface area contributed by atoms with Crippen LogP contribution in [0.25, 0.3) is 0 Å². The fourth-order valence-corrected chi connectivity index (χ4v) is 9.14. The van der Waals surface area contributed by atoms with Crippen LogP contribution in [-0.4, -0.2) is 37.2 Å². The smallest absolute Gasteiger partial charge is 0.306 e. The van der Waals surface area contributed by atoms with Gasteiger partial charge in [0.1, 0.15) is 13.2 Å². The molecule has 0 aromatic rings. The van der Waals surface area contributed by atoms with Gasteiger partial charge in [-0.2, -0.15) is 0 Å². The van der Waals surface area contributed by atoms with E-state index in [0.717, 1.165) is 141 Å². The Hall–Kier alpha value is -3.93. The predicted molar refractivity (Wildman–Crippen MR) is 339 cm³/mol. The van der Waals surface area contributed by atoms with Crippen LogP contribution in [0.2, 0.25) is 0 Å². The van der Waals surface area contributed by atoms with E-state index in [1.54, 1.807) is 0 Å². The Morgan fingerprint density at radius 1 is 0.269 bits per heavy atom. The highest BCUT2D eigenvalue weighted by molar-refractivity contribution is 5.71. The number of hydrogen-bond donors (Lipinski definition) is 0. The Bertz CT molecular complexity index is 1570. The van der Waals surface area contributed by atoms with Crippen molar-refractivity contribution in [1.29, 1.82) is 0 Å². The second kappa shape index (κ2) is 65.6. The van der Waals surface area contributed by atoms with Crippen LogP contribution >= 0.6 is 0 Å². The zero-order chi connectivity index (χ0) is 56.4. The zero-order valence-electron chi connectivity index (χ0n) is 51.2. The van der Waals surface area contributed by atoms with Crippen LogP contribution in [0.3, 0.4) is 0 Å². The molecule has 0 spiro atoms. The molecule has 6 heteroatoms. The number of rotatable bonds is 59. The first-order chi connectivity index (χ1) is 38.5. The second-order valence-electron chi connectivity index (χ2n) is 21.7. The van der Waals surface area contributed by atoms with Crippen molar-refractivity contribution in [3.05, 3.63) is 109 Å². The third-order valence-corrected chi connectivity index (χ3v) is 14.0. The van der Waals surface area contributed by atoms with Gasteiger partial charge in [0.15, 0.2) is 6.10 Å². The molecule has 0 radical (unpaired) electrons. The first kappa shape index (κ1) is 74.1. The zero-order valence-corrected chi connectivity index (χ0v) is 51.2. The highest BCUT2D eigenvalue weighted by Gasteiger charge is 2.19. The summed E-state index contributed by atoms with van der Waals surface area (Å²) in [5, 5.41) is 0. The van der Waals surface area contributed by atoms with E-state index >= 15 is 0 Å². The van der Waals surface area contributed by atoms with Crippen molar-refractivity contribution in [3.63, 3.8) is 0 Å². The summed E-state index contributed by atoms with van der Waals surface area (Å²) >= 11 is 0. The van der Waals surface area contributed by atoms with Gasteiger partial charge in [-0.3, -0.25) is 14.4 Å². The molecule has 0 amide bonds. The lowest BCUT2D eigenvalue weighted by molar-refractivity contribution is -0.167. The maximum atomic E-state index is 12.8. The van der Waals surface area contributed by atoms with Crippen LogP contribution in [0, 0.1) is 0 Å². The molecule has 78 heavy (non-hydrogen) atoms. The minimum absolute atomic E-state index is 0.0828. The van der Waals surface area contributed by atoms with Gasteiger partial charge in [-0.05, 0) is 89.9 Å². The molecule has 0 fully saturated rings. The lowest BCUT2D eigenvalue weighted by Crippen LogP contribution is -2.30. The van der Waals surface area contributed by atoms with Gasteiger partial charge >= 0.3 is 17.9 Å². The van der Waals surface area contributed by atoms with Crippen molar-refractivity contribution < 1.29 is 28.6 Å². The minimum Gasteiger partial charge on any atom is -0.462 e. The molecule has 0 aliphatic carbocycles. The number of carbonyl (C=O) groups is 3. The van der Waals surface area contributed by atoms with E-state index in [1.807, 2.05) is 0 Å². The number of unbranched alkanes of at least 4 members (excludes halogenated alkanes) is 30. The van der Waals surface area contributed by atoms with Gasteiger partial charge in [-0.1, -0.05) is 310 Å². The SMILES string of the molecule is CC/C=C\C/C=C\C/C=C\C/C=C\C/C=C\C/C=C\C/C=C\C/C=C\C/C=C\CCCCCCCC(=O)OCC(COC(=O)CCCCCCC)OC(=O)CCCCCCCCCCCCCCCCCCCCCCCC. The molecule has 0 aliphatic heterocycles. The lowest BCUT2D eigenvalue weighted by atomic mass is 10.0.